The normalized spacial score (nSPS) is 14.6. The predicted molar refractivity (Wildman–Crippen MR) is 79.2 cm³/mol. The van der Waals surface area contributed by atoms with Crippen molar-refractivity contribution in [2.45, 2.75) is 32.2 Å². The van der Waals surface area contributed by atoms with Crippen LogP contribution in [0.15, 0.2) is 6.07 Å². The Morgan fingerprint density at radius 1 is 1.47 bits per heavy atom. The van der Waals surface area contributed by atoms with Gasteiger partial charge in [-0.25, -0.2) is 0 Å². The van der Waals surface area contributed by atoms with Gasteiger partial charge in [0.05, 0.1) is 18.0 Å². The minimum atomic E-state index is 0.645. The van der Waals surface area contributed by atoms with Gasteiger partial charge in [0.25, 0.3) is 0 Å². The van der Waals surface area contributed by atoms with Crippen LogP contribution >= 0.6 is 23.6 Å². The number of aromatic nitrogens is 3. The van der Waals surface area contributed by atoms with Crippen molar-refractivity contribution in [3.05, 3.63) is 21.3 Å². The Labute approximate surface area is 121 Å². The van der Waals surface area contributed by atoms with Crippen molar-refractivity contribution in [1.82, 2.24) is 14.8 Å². The van der Waals surface area contributed by atoms with E-state index >= 15 is 0 Å². The first-order valence-corrected chi connectivity index (χ1v) is 7.78. The lowest BCUT2D eigenvalue weighted by Crippen LogP contribution is -2.05. The first kappa shape index (κ1) is 13.0. The average molecular weight is 295 g/mol. The third-order valence-electron chi connectivity index (χ3n) is 3.49. The summed E-state index contributed by atoms with van der Waals surface area (Å²) in [6.45, 7) is 1.38. The van der Waals surface area contributed by atoms with Crippen LogP contribution in [0.2, 0.25) is 0 Å². The van der Waals surface area contributed by atoms with Crippen molar-refractivity contribution in [3.63, 3.8) is 0 Å². The Morgan fingerprint density at radius 3 is 3.11 bits per heavy atom. The Morgan fingerprint density at radius 2 is 2.32 bits per heavy atom. The van der Waals surface area contributed by atoms with E-state index in [4.69, 9.17) is 17.0 Å². The lowest BCUT2D eigenvalue weighted by molar-refractivity contribution is 0.187. The lowest BCUT2D eigenvalue weighted by Gasteiger charge is -2.08. The molecule has 0 bridgehead atoms. The van der Waals surface area contributed by atoms with Gasteiger partial charge in [-0.2, -0.15) is 5.10 Å². The SMILES string of the molecule is COCCn1c(-c2cc3c(s2)CCCC3)n[nH]c1=S. The quantitative estimate of drug-likeness (QED) is 0.881. The highest BCUT2D eigenvalue weighted by Crippen LogP contribution is 2.34. The number of ether oxygens (including phenoxy) is 1. The fraction of sp³-hybridized carbons (Fsp3) is 0.538. The number of nitrogens with zero attached hydrogens (tertiary/aromatic N) is 2. The molecule has 0 saturated heterocycles. The fourth-order valence-corrected chi connectivity index (χ4v) is 3.97. The molecule has 0 aliphatic heterocycles. The molecule has 0 radical (unpaired) electrons. The molecular formula is C13H17N3OS2. The van der Waals surface area contributed by atoms with Gasteiger partial charge in [0.1, 0.15) is 0 Å². The number of thiophene rings is 1. The summed E-state index contributed by atoms with van der Waals surface area (Å²) in [5, 5.41) is 7.27. The fourth-order valence-electron chi connectivity index (χ4n) is 2.50. The maximum absolute atomic E-state index is 5.29. The van der Waals surface area contributed by atoms with E-state index in [1.54, 1.807) is 7.11 Å². The molecule has 0 spiro atoms. The van der Waals surface area contributed by atoms with Crippen molar-refractivity contribution < 1.29 is 4.74 Å². The number of nitrogens with one attached hydrogen (secondary N) is 1. The highest BCUT2D eigenvalue weighted by molar-refractivity contribution is 7.71. The van der Waals surface area contributed by atoms with Crippen LogP contribution in [0, 0.1) is 4.77 Å². The monoisotopic (exact) mass is 295 g/mol. The largest absolute Gasteiger partial charge is 0.383 e. The van der Waals surface area contributed by atoms with E-state index < -0.39 is 0 Å². The molecule has 2 aromatic heterocycles. The molecule has 0 amide bonds. The predicted octanol–water partition coefficient (Wildman–Crippen LogP) is 3.19. The Hall–Kier alpha value is -0.980. The Bertz CT molecular complexity index is 603. The molecule has 2 heterocycles. The van der Waals surface area contributed by atoms with Crippen molar-refractivity contribution in [3.8, 4) is 10.7 Å². The topological polar surface area (TPSA) is 42.8 Å². The van der Waals surface area contributed by atoms with E-state index in [-0.39, 0.29) is 0 Å². The van der Waals surface area contributed by atoms with Crippen LogP contribution in [0.3, 0.4) is 0 Å². The third kappa shape index (κ3) is 2.52. The van der Waals surface area contributed by atoms with Crippen molar-refractivity contribution >= 4 is 23.6 Å². The van der Waals surface area contributed by atoms with E-state index in [1.807, 2.05) is 15.9 Å². The van der Waals surface area contributed by atoms with Crippen LogP contribution in [0.4, 0.5) is 0 Å². The summed E-state index contributed by atoms with van der Waals surface area (Å²) >= 11 is 7.15. The van der Waals surface area contributed by atoms with Crippen LogP contribution in [0.5, 0.6) is 0 Å². The van der Waals surface area contributed by atoms with E-state index in [0.717, 1.165) is 12.4 Å². The smallest absolute Gasteiger partial charge is 0.195 e. The number of hydrogen-bond donors (Lipinski definition) is 1. The van der Waals surface area contributed by atoms with Gasteiger partial charge < -0.3 is 4.74 Å². The molecule has 6 heteroatoms. The van der Waals surface area contributed by atoms with Crippen molar-refractivity contribution in [2.24, 2.45) is 0 Å². The van der Waals surface area contributed by atoms with Gasteiger partial charge in [0.15, 0.2) is 10.6 Å². The second-order valence-electron chi connectivity index (χ2n) is 4.76. The lowest BCUT2D eigenvalue weighted by atomic mass is 9.99. The molecule has 0 aromatic carbocycles. The van der Waals surface area contributed by atoms with Crippen molar-refractivity contribution in [1.29, 1.82) is 0 Å². The summed E-state index contributed by atoms with van der Waals surface area (Å²) in [7, 11) is 1.70. The molecule has 1 aliphatic carbocycles. The molecule has 19 heavy (non-hydrogen) atoms. The van der Waals surface area contributed by atoms with E-state index in [1.165, 1.54) is 41.0 Å². The van der Waals surface area contributed by atoms with Gasteiger partial charge in [0, 0.05) is 12.0 Å². The van der Waals surface area contributed by atoms with E-state index in [2.05, 4.69) is 16.3 Å². The molecule has 3 rings (SSSR count). The molecule has 0 unspecified atom stereocenters. The Balaban J connectivity index is 1.97. The molecule has 2 aromatic rings. The minimum absolute atomic E-state index is 0.645. The van der Waals surface area contributed by atoms with Crippen molar-refractivity contribution in [2.75, 3.05) is 13.7 Å². The van der Waals surface area contributed by atoms with Crippen LogP contribution in [0.25, 0.3) is 10.7 Å². The first-order chi connectivity index (χ1) is 9.29. The second kappa shape index (κ2) is 5.56. The molecule has 102 valence electrons. The highest BCUT2D eigenvalue weighted by Gasteiger charge is 2.17. The second-order valence-corrected chi connectivity index (χ2v) is 6.29. The summed E-state index contributed by atoms with van der Waals surface area (Å²) in [5.41, 5.74) is 1.50. The van der Waals surface area contributed by atoms with Gasteiger partial charge in [-0.15, -0.1) is 11.3 Å². The van der Waals surface area contributed by atoms with Crippen LogP contribution in [-0.4, -0.2) is 28.5 Å². The zero-order valence-corrected chi connectivity index (χ0v) is 12.6. The number of fused-ring (bicyclic) bond motifs is 1. The molecule has 0 atom stereocenters. The number of rotatable bonds is 4. The standard InChI is InChI=1S/C13H17N3OS2/c1-17-7-6-16-12(14-15-13(16)18)11-8-9-4-2-3-5-10(9)19-11/h8H,2-7H2,1H3,(H,15,18). The molecular weight excluding hydrogens is 278 g/mol. The summed E-state index contributed by atoms with van der Waals surface area (Å²) < 4.78 is 7.83. The number of aromatic amines is 1. The first-order valence-electron chi connectivity index (χ1n) is 6.55. The summed E-state index contributed by atoms with van der Waals surface area (Å²) in [6.07, 6.45) is 5.03. The maximum atomic E-state index is 5.29. The summed E-state index contributed by atoms with van der Waals surface area (Å²) in [5.74, 6) is 0.946. The number of H-pyrrole nitrogens is 1. The zero-order chi connectivity index (χ0) is 13.2. The van der Waals surface area contributed by atoms with Gasteiger partial charge >= 0.3 is 0 Å². The number of aryl methyl sites for hydroxylation is 2. The zero-order valence-electron chi connectivity index (χ0n) is 10.9. The summed E-state index contributed by atoms with van der Waals surface area (Å²) in [6, 6.07) is 2.29. The van der Waals surface area contributed by atoms with Crippen LogP contribution < -0.4 is 0 Å². The van der Waals surface area contributed by atoms with Crippen LogP contribution in [0.1, 0.15) is 23.3 Å². The van der Waals surface area contributed by atoms with Gasteiger partial charge in [-0.05, 0) is 49.5 Å². The third-order valence-corrected chi connectivity index (χ3v) is 5.04. The van der Waals surface area contributed by atoms with E-state index in [9.17, 15) is 0 Å². The van der Waals surface area contributed by atoms with E-state index in [0.29, 0.717) is 11.4 Å². The van der Waals surface area contributed by atoms with Gasteiger partial charge in [-0.3, -0.25) is 9.67 Å². The minimum Gasteiger partial charge on any atom is -0.383 e. The molecule has 0 saturated carbocycles. The molecule has 1 N–H and O–H groups in total. The average Bonchev–Trinajstić information content (AvgIpc) is 2.99. The van der Waals surface area contributed by atoms with Gasteiger partial charge in [-0.1, -0.05) is 0 Å². The number of hydrogen-bond acceptors (Lipinski definition) is 4. The molecule has 4 nitrogen and oxygen atoms in total. The highest BCUT2D eigenvalue weighted by atomic mass is 32.1. The number of methoxy groups -OCH3 is 1. The van der Waals surface area contributed by atoms with Gasteiger partial charge in [0.2, 0.25) is 0 Å². The Kier molecular flexibility index (Phi) is 3.81. The van der Waals surface area contributed by atoms with Crippen LogP contribution in [-0.2, 0) is 24.1 Å². The molecule has 1 aliphatic rings. The summed E-state index contributed by atoms with van der Waals surface area (Å²) in [4.78, 5) is 2.74. The maximum Gasteiger partial charge on any atom is 0.195 e. The molecule has 0 fully saturated rings.